The van der Waals surface area contributed by atoms with E-state index in [9.17, 15) is 39.0 Å². The van der Waals surface area contributed by atoms with Gasteiger partial charge in [0.15, 0.2) is 11.9 Å². The zero-order valence-corrected chi connectivity index (χ0v) is 34.3. The second-order valence-corrected chi connectivity index (χ2v) is 1.93. The van der Waals surface area contributed by atoms with Gasteiger partial charge in [-0.3, -0.25) is 0 Å². The predicted molar refractivity (Wildman–Crippen MR) is 32.2 cm³/mol. The van der Waals surface area contributed by atoms with Crippen molar-refractivity contribution in [3.8, 4) is 0 Å². The molecule has 22 heavy (non-hydrogen) atoms. The number of hydrogen-bond donors (Lipinski definition) is 0. The molecule has 0 radical (unpaired) electrons. The zero-order valence-electron chi connectivity index (χ0n) is 11.9. The van der Waals surface area contributed by atoms with Crippen molar-refractivity contribution in [2.75, 3.05) is 0 Å². The second kappa shape index (κ2) is 25.2. The summed E-state index contributed by atoms with van der Waals surface area (Å²) >= 11 is 0. The van der Waals surface area contributed by atoms with Gasteiger partial charge in [-0.25, -0.2) is 19.2 Å². The predicted octanol–water partition coefficient (Wildman–Crippen LogP) is -11.4. The summed E-state index contributed by atoms with van der Waals surface area (Å²) in [6, 6.07) is 0. The Morgan fingerprint density at radius 2 is 0.682 bits per heavy atom. The molecular weight excluding hydrogens is 760 g/mol. The largest absolute Gasteiger partial charge is 1.00 e. The number of aliphatic carboxylic acids is 2. The molecule has 0 unspecified atom stereocenters. The first kappa shape index (κ1) is 45.1. The van der Waals surface area contributed by atoms with Gasteiger partial charge < -0.3 is 29.3 Å². The number of hydrogen-bond acceptors (Lipinski definition) is 10. The fourth-order valence-electron chi connectivity index (χ4n) is 0.335. The van der Waals surface area contributed by atoms with Gasteiger partial charge in [0, 0.05) is 109 Å². The monoisotopic (exact) mass is 765 g/mol. The number of ether oxygens (including phenoxy) is 2. The Kier molecular flexibility index (Phi) is 51.6. The molecule has 0 atom stereocenters. The minimum Gasteiger partial charge on any atom is -0.539 e. The van der Waals surface area contributed by atoms with Crippen LogP contribution in [0.2, 0.25) is 0 Å². The summed E-state index contributed by atoms with van der Waals surface area (Å²) in [4.78, 5) is 60.6. The van der Waals surface area contributed by atoms with Crippen LogP contribution < -0.4 is 113 Å². The molecule has 0 heterocycles. The Hall–Kier alpha value is 4.18. The summed E-state index contributed by atoms with van der Waals surface area (Å²) < 4.78 is 6.55. The van der Waals surface area contributed by atoms with Gasteiger partial charge in [0.05, 0.1) is 0 Å². The molecule has 0 aromatic heterocycles. The van der Waals surface area contributed by atoms with Crippen molar-refractivity contribution in [1.29, 1.82) is 0 Å². The van der Waals surface area contributed by atoms with E-state index in [1.54, 1.807) is 0 Å². The molecule has 0 saturated heterocycles. The molecule has 10 nitrogen and oxygen atoms in total. The molecule has 0 aromatic carbocycles. The van der Waals surface area contributed by atoms with Gasteiger partial charge in [-0.05, 0) is 0 Å². The molecule has 16 heteroatoms. The third-order valence-corrected chi connectivity index (χ3v) is 0.871. The molecule has 0 N–H and O–H groups in total. The number of carbonyl (C=O) groups is 6. The minimum absolute atomic E-state index is 0. The summed E-state index contributed by atoms with van der Waals surface area (Å²) in [5.74, 6) is -13.6. The molecule has 0 aliphatic heterocycles. The third-order valence-electron chi connectivity index (χ3n) is 0.871. The first-order valence-corrected chi connectivity index (χ1v) is 3.20. The van der Waals surface area contributed by atoms with Crippen LogP contribution in [0.1, 0.15) is 0 Å². The van der Waals surface area contributed by atoms with Crippen LogP contribution in [-0.2, 0) is 147 Å². The molecule has 0 spiro atoms. The van der Waals surface area contributed by atoms with E-state index in [0.29, 0.717) is 0 Å². The maximum absolute atomic E-state index is 10.4. The number of esters is 4. The van der Waals surface area contributed by atoms with E-state index in [0.717, 1.165) is 0 Å². The summed E-state index contributed by atoms with van der Waals surface area (Å²) in [5.41, 5.74) is 0. The molecule has 0 amide bonds. The summed E-state index contributed by atoms with van der Waals surface area (Å²) in [5, 5.41) is 19.5. The summed E-state index contributed by atoms with van der Waals surface area (Å²) in [6.07, 6.45) is 0. The Labute approximate surface area is 288 Å². The van der Waals surface area contributed by atoms with Gasteiger partial charge in [0.1, 0.15) is 0 Å². The Morgan fingerprint density at radius 3 is 0.818 bits per heavy atom. The van der Waals surface area contributed by atoms with Crippen LogP contribution in [0.15, 0.2) is 0 Å². The minimum atomic E-state index is -2.42. The van der Waals surface area contributed by atoms with Crippen LogP contribution in [0.4, 0.5) is 0 Å². The Morgan fingerprint density at radius 1 is 0.500 bits per heavy atom. The van der Waals surface area contributed by atoms with Crippen molar-refractivity contribution in [3.05, 3.63) is 0 Å². The van der Waals surface area contributed by atoms with Crippen molar-refractivity contribution in [2.45, 2.75) is 0 Å². The fourth-order valence-corrected chi connectivity index (χ4v) is 0.335. The second-order valence-electron chi connectivity index (χ2n) is 1.93. The molecule has 0 aliphatic carbocycles. The van der Waals surface area contributed by atoms with Crippen LogP contribution >= 0.6 is 0 Å². The van der Waals surface area contributed by atoms with Gasteiger partial charge in [-0.1, -0.05) is 0 Å². The molecule has 94 valence electrons. The Bertz CT molecular complexity index is 376. The topological polar surface area (TPSA) is 167 Å². The fraction of sp³-hybridized carbons (Fsp3) is 0. The third kappa shape index (κ3) is 22.2. The molecule has 0 bridgehead atoms. The number of carbonyl (C=O) groups excluding carboxylic acids is 6. The summed E-state index contributed by atoms with van der Waals surface area (Å²) in [6.45, 7) is 0. The first-order chi connectivity index (χ1) is 7.25. The van der Waals surface area contributed by atoms with Gasteiger partial charge in [-0.15, -0.1) is 0 Å². The van der Waals surface area contributed by atoms with E-state index < -0.39 is 35.8 Å². The average Bonchev–Trinajstić information content (AvgIpc) is 2.16. The molecular formula is C6Cd4K2O10. The summed E-state index contributed by atoms with van der Waals surface area (Å²) in [7, 11) is 0. The van der Waals surface area contributed by atoms with Crippen molar-refractivity contribution < 1.29 is 260 Å². The van der Waals surface area contributed by atoms with Crippen molar-refractivity contribution >= 4 is 35.8 Å². The van der Waals surface area contributed by atoms with Crippen molar-refractivity contribution in [1.82, 2.24) is 0 Å². The average molecular weight is 760 g/mol. The SMILES string of the molecule is O=C([O-])C(=O)OC(=O)C(=O)OC(=O)C(=O)[O-].[Cd].[Cd].[Cd].[Cd].[K+].[K+]. The van der Waals surface area contributed by atoms with Crippen molar-refractivity contribution in [3.63, 3.8) is 0 Å². The maximum atomic E-state index is 10.4. The number of carboxylic acid groups (broad SMARTS) is 2. The van der Waals surface area contributed by atoms with Crippen LogP contribution in [0, 0.1) is 0 Å². The van der Waals surface area contributed by atoms with Crippen LogP contribution in [0.5, 0.6) is 0 Å². The number of rotatable bonds is 0. The van der Waals surface area contributed by atoms with E-state index >= 15 is 0 Å². The first-order valence-electron chi connectivity index (χ1n) is 3.20. The smallest absolute Gasteiger partial charge is 0.539 e. The Balaban J connectivity index is -0.0000000750. The molecule has 0 saturated carbocycles. The maximum Gasteiger partial charge on any atom is 1.00 e. The van der Waals surface area contributed by atoms with E-state index in [1.807, 2.05) is 0 Å². The molecule has 0 rings (SSSR count). The van der Waals surface area contributed by atoms with Gasteiger partial charge in [-0.2, -0.15) is 0 Å². The normalized spacial score (nSPS) is 6.36. The van der Waals surface area contributed by atoms with Crippen LogP contribution in [-0.4, -0.2) is 35.8 Å². The molecule has 0 fully saturated rings. The zero-order chi connectivity index (χ0) is 12.9. The quantitative estimate of drug-likeness (QED) is 0.100. The van der Waals surface area contributed by atoms with Gasteiger partial charge >= 0.3 is 127 Å². The van der Waals surface area contributed by atoms with E-state index in [-0.39, 0.29) is 212 Å². The standard InChI is InChI=1S/C6H2O10.4Cd.2K/c7-1(8)3(11)15-5(13)6(14)16-4(12)2(9)10;;;;;;/h(H,7,8)(H,9,10);;;;;;/q;;;;;2*+1/p-2. The van der Waals surface area contributed by atoms with Crippen LogP contribution in [0.3, 0.4) is 0 Å². The molecule has 0 aliphatic rings. The van der Waals surface area contributed by atoms with E-state index in [1.165, 1.54) is 0 Å². The molecule has 0 aromatic rings. The van der Waals surface area contributed by atoms with Crippen LogP contribution in [0.25, 0.3) is 0 Å². The van der Waals surface area contributed by atoms with E-state index in [4.69, 9.17) is 0 Å². The van der Waals surface area contributed by atoms with E-state index in [2.05, 4.69) is 9.47 Å². The van der Waals surface area contributed by atoms with Gasteiger partial charge in [0.25, 0.3) is 0 Å². The number of carboxylic acids is 2. The van der Waals surface area contributed by atoms with Crippen molar-refractivity contribution in [2.24, 2.45) is 0 Å². The van der Waals surface area contributed by atoms with Gasteiger partial charge in [0.2, 0.25) is 0 Å².